The summed E-state index contributed by atoms with van der Waals surface area (Å²) in [6.07, 6.45) is 8.55. The maximum absolute atomic E-state index is 9.48. The lowest BCUT2D eigenvalue weighted by Crippen LogP contribution is -2.16. The van der Waals surface area contributed by atoms with Gasteiger partial charge in [0.05, 0.1) is 6.10 Å². The van der Waals surface area contributed by atoms with Crippen molar-refractivity contribution < 1.29 is 5.11 Å². The fourth-order valence-corrected chi connectivity index (χ4v) is 0.970. The molecular formula is C10H18O. The summed E-state index contributed by atoms with van der Waals surface area (Å²) in [5, 5.41) is 9.48. The summed E-state index contributed by atoms with van der Waals surface area (Å²) >= 11 is 0. The number of terminal acetylenes is 1. The predicted molar refractivity (Wildman–Crippen MR) is 48.1 cm³/mol. The van der Waals surface area contributed by atoms with Crippen LogP contribution in [0.15, 0.2) is 0 Å². The third-order valence-electron chi connectivity index (χ3n) is 2.12. The van der Waals surface area contributed by atoms with Crippen molar-refractivity contribution in [1.82, 2.24) is 0 Å². The molecule has 2 unspecified atom stereocenters. The second kappa shape index (κ2) is 6.24. The third kappa shape index (κ3) is 4.86. The van der Waals surface area contributed by atoms with Gasteiger partial charge < -0.3 is 5.11 Å². The Hall–Kier alpha value is -0.480. The monoisotopic (exact) mass is 154 g/mol. The molecule has 1 N–H and O–H groups in total. The Bertz CT molecular complexity index is 123. The van der Waals surface area contributed by atoms with Gasteiger partial charge in [-0.3, -0.25) is 0 Å². The van der Waals surface area contributed by atoms with Crippen molar-refractivity contribution in [2.45, 2.75) is 45.6 Å². The van der Waals surface area contributed by atoms with Crippen LogP contribution in [0.1, 0.15) is 39.5 Å². The fraction of sp³-hybridized carbons (Fsp3) is 0.800. The summed E-state index contributed by atoms with van der Waals surface area (Å²) in [6, 6.07) is 0. The minimum absolute atomic E-state index is 0.159. The minimum Gasteiger partial charge on any atom is -0.393 e. The average molecular weight is 154 g/mol. The molecule has 0 bridgehead atoms. The van der Waals surface area contributed by atoms with E-state index in [1.165, 1.54) is 0 Å². The zero-order valence-electron chi connectivity index (χ0n) is 7.51. The number of aliphatic hydroxyl groups excluding tert-OH is 1. The standard InChI is InChI=1S/C10H18O/c1-4-6-7-8-10(11)9(3)5-2/h1,9-11H,5-8H2,2-3H3. The molecule has 0 aromatic rings. The second-order valence-corrected chi connectivity index (χ2v) is 3.05. The Labute approximate surface area is 69.8 Å². The summed E-state index contributed by atoms with van der Waals surface area (Å²) in [7, 11) is 0. The molecule has 0 rings (SSSR count). The predicted octanol–water partition coefficient (Wildman–Crippen LogP) is 2.20. The van der Waals surface area contributed by atoms with E-state index in [2.05, 4.69) is 19.8 Å². The van der Waals surface area contributed by atoms with Crippen molar-refractivity contribution in [2.24, 2.45) is 5.92 Å². The highest BCUT2D eigenvalue weighted by Gasteiger charge is 2.10. The van der Waals surface area contributed by atoms with Gasteiger partial charge in [-0.05, 0) is 18.8 Å². The Morgan fingerprint density at radius 1 is 1.55 bits per heavy atom. The van der Waals surface area contributed by atoms with Crippen molar-refractivity contribution in [2.75, 3.05) is 0 Å². The number of rotatable bonds is 5. The average Bonchev–Trinajstić information content (AvgIpc) is 2.03. The highest BCUT2D eigenvalue weighted by molar-refractivity contribution is 4.83. The quantitative estimate of drug-likeness (QED) is 0.475. The molecule has 2 atom stereocenters. The van der Waals surface area contributed by atoms with Gasteiger partial charge in [0.1, 0.15) is 0 Å². The first-order chi connectivity index (χ1) is 5.22. The van der Waals surface area contributed by atoms with Gasteiger partial charge in [0, 0.05) is 6.42 Å². The smallest absolute Gasteiger partial charge is 0.0566 e. The largest absolute Gasteiger partial charge is 0.393 e. The summed E-state index contributed by atoms with van der Waals surface area (Å²) in [6.45, 7) is 4.16. The van der Waals surface area contributed by atoms with Gasteiger partial charge >= 0.3 is 0 Å². The summed E-state index contributed by atoms with van der Waals surface area (Å²) < 4.78 is 0. The van der Waals surface area contributed by atoms with Crippen LogP contribution in [0.5, 0.6) is 0 Å². The summed E-state index contributed by atoms with van der Waals surface area (Å²) in [5.74, 6) is 2.98. The molecule has 0 fully saturated rings. The lowest BCUT2D eigenvalue weighted by atomic mass is 9.97. The molecule has 0 amide bonds. The van der Waals surface area contributed by atoms with Gasteiger partial charge in [-0.15, -0.1) is 12.3 Å². The maximum atomic E-state index is 9.48. The van der Waals surface area contributed by atoms with Gasteiger partial charge in [0.15, 0.2) is 0 Å². The van der Waals surface area contributed by atoms with Crippen LogP contribution in [0.4, 0.5) is 0 Å². The third-order valence-corrected chi connectivity index (χ3v) is 2.12. The Kier molecular flexibility index (Phi) is 5.97. The zero-order chi connectivity index (χ0) is 8.69. The van der Waals surface area contributed by atoms with E-state index in [9.17, 15) is 5.11 Å². The molecule has 0 saturated heterocycles. The van der Waals surface area contributed by atoms with Crippen molar-refractivity contribution >= 4 is 0 Å². The van der Waals surface area contributed by atoms with Crippen LogP contribution in [-0.2, 0) is 0 Å². The Morgan fingerprint density at radius 2 is 2.18 bits per heavy atom. The molecule has 0 heterocycles. The molecule has 1 nitrogen and oxygen atoms in total. The van der Waals surface area contributed by atoms with Crippen LogP contribution in [0.2, 0.25) is 0 Å². The van der Waals surface area contributed by atoms with Crippen LogP contribution in [0.25, 0.3) is 0 Å². The van der Waals surface area contributed by atoms with Gasteiger partial charge in [-0.2, -0.15) is 0 Å². The highest BCUT2D eigenvalue weighted by Crippen LogP contribution is 2.12. The molecule has 0 aliphatic rings. The zero-order valence-corrected chi connectivity index (χ0v) is 7.51. The van der Waals surface area contributed by atoms with Crippen LogP contribution in [-0.4, -0.2) is 11.2 Å². The topological polar surface area (TPSA) is 20.2 Å². The lowest BCUT2D eigenvalue weighted by Gasteiger charge is -2.15. The fourth-order valence-electron chi connectivity index (χ4n) is 0.970. The highest BCUT2D eigenvalue weighted by atomic mass is 16.3. The molecule has 0 saturated carbocycles. The van der Waals surface area contributed by atoms with E-state index in [-0.39, 0.29) is 6.10 Å². The molecule has 0 aromatic heterocycles. The first kappa shape index (κ1) is 10.5. The van der Waals surface area contributed by atoms with Crippen molar-refractivity contribution in [3.8, 4) is 12.3 Å². The first-order valence-electron chi connectivity index (χ1n) is 4.33. The van der Waals surface area contributed by atoms with Crippen LogP contribution < -0.4 is 0 Å². The normalized spacial score (nSPS) is 15.5. The molecular weight excluding hydrogens is 136 g/mol. The molecule has 64 valence electrons. The summed E-state index contributed by atoms with van der Waals surface area (Å²) in [5.41, 5.74) is 0. The molecule has 11 heavy (non-hydrogen) atoms. The molecule has 0 radical (unpaired) electrons. The van der Waals surface area contributed by atoms with Crippen molar-refractivity contribution in [3.05, 3.63) is 0 Å². The van der Waals surface area contributed by atoms with Gasteiger partial charge in [0.2, 0.25) is 0 Å². The van der Waals surface area contributed by atoms with Crippen LogP contribution in [0, 0.1) is 18.3 Å². The molecule has 0 aromatic carbocycles. The molecule has 1 heteroatoms. The van der Waals surface area contributed by atoms with Crippen molar-refractivity contribution in [1.29, 1.82) is 0 Å². The van der Waals surface area contributed by atoms with E-state index in [0.29, 0.717) is 5.92 Å². The van der Waals surface area contributed by atoms with E-state index in [4.69, 9.17) is 6.42 Å². The SMILES string of the molecule is C#CCCCC(O)C(C)CC. The van der Waals surface area contributed by atoms with E-state index < -0.39 is 0 Å². The summed E-state index contributed by atoms with van der Waals surface area (Å²) in [4.78, 5) is 0. The van der Waals surface area contributed by atoms with Gasteiger partial charge in [-0.25, -0.2) is 0 Å². The van der Waals surface area contributed by atoms with E-state index in [1.807, 2.05) is 0 Å². The van der Waals surface area contributed by atoms with Gasteiger partial charge in [-0.1, -0.05) is 20.3 Å². The molecule has 0 aliphatic carbocycles. The van der Waals surface area contributed by atoms with Crippen molar-refractivity contribution in [3.63, 3.8) is 0 Å². The second-order valence-electron chi connectivity index (χ2n) is 3.05. The maximum Gasteiger partial charge on any atom is 0.0566 e. The van der Waals surface area contributed by atoms with E-state index >= 15 is 0 Å². The van der Waals surface area contributed by atoms with Crippen LogP contribution in [0.3, 0.4) is 0 Å². The van der Waals surface area contributed by atoms with Gasteiger partial charge in [0.25, 0.3) is 0 Å². The number of aliphatic hydroxyl groups is 1. The number of unbranched alkanes of at least 4 members (excludes halogenated alkanes) is 1. The molecule has 0 spiro atoms. The van der Waals surface area contributed by atoms with Crippen LogP contribution >= 0.6 is 0 Å². The lowest BCUT2D eigenvalue weighted by molar-refractivity contribution is 0.104. The number of hydrogen-bond donors (Lipinski definition) is 1. The molecule has 0 aliphatic heterocycles. The Morgan fingerprint density at radius 3 is 2.64 bits per heavy atom. The van der Waals surface area contributed by atoms with E-state index in [1.54, 1.807) is 0 Å². The van der Waals surface area contributed by atoms with E-state index in [0.717, 1.165) is 25.7 Å². The minimum atomic E-state index is -0.159. The number of hydrogen-bond acceptors (Lipinski definition) is 1. The Balaban J connectivity index is 3.37. The first-order valence-corrected chi connectivity index (χ1v) is 4.33.